The van der Waals surface area contributed by atoms with E-state index >= 15 is 0 Å². The van der Waals surface area contributed by atoms with Crippen LogP contribution in [0, 0.1) is 0 Å². The van der Waals surface area contributed by atoms with Crippen LogP contribution in [0.5, 0.6) is 5.75 Å². The summed E-state index contributed by atoms with van der Waals surface area (Å²) in [4.78, 5) is 12.4. The van der Waals surface area contributed by atoms with Gasteiger partial charge >= 0.3 is 0 Å². The molecule has 0 atom stereocenters. The zero-order chi connectivity index (χ0) is 15.5. The number of benzene rings is 2. The van der Waals surface area contributed by atoms with E-state index in [9.17, 15) is 4.79 Å². The first kappa shape index (κ1) is 17.4. The molecule has 118 valence electrons. The summed E-state index contributed by atoms with van der Waals surface area (Å²) in [6, 6.07) is 16.7. The summed E-state index contributed by atoms with van der Waals surface area (Å²) in [5.74, 6) is 0.791. The monoisotopic (exact) mass is 391 g/mol. The van der Waals surface area contributed by atoms with Crippen LogP contribution in [0.3, 0.4) is 0 Å². The average molecular weight is 393 g/mol. The number of nitrogens with zero attached hydrogens (tertiary/aromatic N) is 1. The van der Waals surface area contributed by atoms with Gasteiger partial charge < -0.3 is 21.7 Å². The summed E-state index contributed by atoms with van der Waals surface area (Å²) in [6.07, 6.45) is 1.90. The van der Waals surface area contributed by atoms with Gasteiger partial charge in [-0.15, -0.1) is 0 Å². The average Bonchev–Trinajstić information content (AvgIpc) is 2.55. The Morgan fingerprint density at radius 3 is 2.57 bits per heavy atom. The van der Waals surface area contributed by atoms with E-state index in [0.717, 1.165) is 16.7 Å². The fraction of sp³-hybridized carbons (Fsp3) is 0.111. The molecule has 0 N–H and O–H groups in total. The van der Waals surface area contributed by atoms with Crippen molar-refractivity contribution >= 4 is 28.3 Å². The molecule has 0 unspecified atom stereocenters. The zero-order valence-electron chi connectivity index (χ0n) is 12.5. The normalized spacial score (nSPS) is 10.2. The van der Waals surface area contributed by atoms with Gasteiger partial charge in [0.25, 0.3) is 0 Å². The van der Waals surface area contributed by atoms with Crippen molar-refractivity contribution in [2.24, 2.45) is 0 Å². The Hall–Kier alpha value is -1.91. The van der Waals surface area contributed by atoms with Crippen LogP contribution < -0.4 is 26.3 Å². The third-order valence-electron chi connectivity index (χ3n) is 3.57. The molecule has 5 heteroatoms. The maximum atomic E-state index is 12.4. The van der Waals surface area contributed by atoms with Crippen molar-refractivity contribution < 1.29 is 31.1 Å². The van der Waals surface area contributed by atoms with Crippen molar-refractivity contribution in [3.05, 3.63) is 71.4 Å². The maximum absolute atomic E-state index is 12.4. The lowest BCUT2D eigenvalue weighted by Crippen LogP contribution is -3.00. The Morgan fingerprint density at radius 1 is 1.13 bits per heavy atom. The number of Topliss-reactive ketones (excluding diaryl/α,β-unsaturated/α-hetero) is 1. The van der Waals surface area contributed by atoms with E-state index < -0.39 is 0 Å². The minimum absolute atomic E-state index is 0. The van der Waals surface area contributed by atoms with Crippen molar-refractivity contribution in [2.45, 2.75) is 6.54 Å². The van der Waals surface area contributed by atoms with Crippen molar-refractivity contribution in [3.63, 3.8) is 0 Å². The highest BCUT2D eigenvalue weighted by Gasteiger charge is 2.15. The Balaban J connectivity index is 0.00000192. The van der Waals surface area contributed by atoms with Gasteiger partial charge in [-0.3, -0.25) is 4.79 Å². The number of aromatic nitrogens is 1. The van der Waals surface area contributed by atoms with Gasteiger partial charge in [0.2, 0.25) is 17.8 Å². The minimum Gasteiger partial charge on any atom is -1.00 e. The first-order chi connectivity index (χ1) is 10.7. The lowest BCUT2D eigenvalue weighted by molar-refractivity contribution is -0.657. The Bertz CT molecular complexity index is 834. The Morgan fingerprint density at radius 2 is 1.87 bits per heavy atom. The molecule has 2 aromatic carbocycles. The molecule has 1 heterocycles. The molecule has 0 bridgehead atoms. The molecule has 23 heavy (non-hydrogen) atoms. The van der Waals surface area contributed by atoms with Gasteiger partial charge in [-0.2, -0.15) is 4.57 Å². The van der Waals surface area contributed by atoms with Crippen molar-refractivity contribution in [2.75, 3.05) is 7.11 Å². The highest BCUT2D eigenvalue weighted by molar-refractivity contribution is 6.31. The van der Waals surface area contributed by atoms with Gasteiger partial charge in [-0.05, 0) is 42.5 Å². The van der Waals surface area contributed by atoms with E-state index in [-0.39, 0.29) is 29.3 Å². The van der Waals surface area contributed by atoms with Crippen molar-refractivity contribution in [1.82, 2.24) is 0 Å². The minimum atomic E-state index is 0. The molecule has 3 nitrogen and oxygen atoms in total. The molecular formula is C18H15BrClNO2. The van der Waals surface area contributed by atoms with E-state index in [4.69, 9.17) is 16.3 Å². The maximum Gasteiger partial charge on any atom is 0.227 e. The van der Waals surface area contributed by atoms with Crippen LogP contribution in [-0.4, -0.2) is 12.9 Å². The van der Waals surface area contributed by atoms with E-state index in [1.807, 2.05) is 41.1 Å². The number of carbonyl (C=O) groups excluding carboxylic acids is 1. The second kappa shape index (κ2) is 7.57. The Labute approximate surface area is 150 Å². The van der Waals surface area contributed by atoms with Crippen molar-refractivity contribution in [3.8, 4) is 5.75 Å². The molecular weight excluding hydrogens is 378 g/mol. The third kappa shape index (κ3) is 3.89. The number of ether oxygens (including phenoxy) is 1. The molecule has 0 radical (unpaired) electrons. The van der Waals surface area contributed by atoms with E-state index in [2.05, 4.69) is 0 Å². The van der Waals surface area contributed by atoms with E-state index in [1.165, 1.54) is 0 Å². The molecule has 0 aliphatic heterocycles. The molecule has 0 spiro atoms. The van der Waals surface area contributed by atoms with E-state index in [1.54, 1.807) is 31.4 Å². The number of carbonyl (C=O) groups is 1. The highest BCUT2D eigenvalue weighted by atomic mass is 79.9. The summed E-state index contributed by atoms with van der Waals surface area (Å²) < 4.78 is 7.04. The van der Waals surface area contributed by atoms with Crippen LogP contribution >= 0.6 is 11.6 Å². The number of hydrogen-bond acceptors (Lipinski definition) is 2. The first-order valence-corrected chi connectivity index (χ1v) is 7.30. The summed E-state index contributed by atoms with van der Waals surface area (Å²) in [5.41, 5.74) is 1.65. The van der Waals surface area contributed by atoms with Crippen LogP contribution in [0.1, 0.15) is 10.4 Å². The molecule has 1 aromatic heterocycles. The quantitative estimate of drug-likeness (QED) is 0.483. The van der Waals surface area contributed by atoms with Crippen LogP contribution in [0.2, 0.25) is 5.02 Å². The zero-order valence-corrected chi connectivity index (χ0v) is 14.8. The molecule has 0 saturated carbocycles. The summed E-state index contributed by atoms with van der Waals surface area (Å²) in [6.45, 7) is 0.283. The predicted molar refractivity (Wildman–Crippen MR) is 86.5 cm³/mol. The topological polar surface area (TPSA) is 30.2 Å². The molecule has 3 aromatic rings. The van der Waals surface area contributed by atoms with Crippen LogP contribution in [0.15, 0.2) is 60.8 Å². The number of rotatable bonds is 4. The molecule has 0 fully saturated rings. The second-order valence-electron chi connectivity index (χ2n) is 4.99. The SMILES string of the molecule is COc1ccc(C(=O)C[n+]2cccc3cc(Cl)ccc32)cc1.[Br-]. The number of ketones is 1. The smallest absolute Gasteiger partial charge is 0.227 e. The fourth-order valence-electron chi connectivity index (χ4n) is 2.41. The number of halogens is 2. The number of hydrogen-bond donors (Lipinski definition) is 0. The predicted octanol–water partition coefficient (Wildman–Crippen LogP) is 0.676. The molecule has 0 saturated heterocycles. The highest BCUT2D eigenvalue weighted by Crippen LogP contribution is 2.16. The number of fused-ring (bicyclic) bond motifs is 1. The van der Waals surface area contributed by atoms with Crippen LogP contribution in [-0.2, 0) is 6.54 Å². The van der Waals surface area contributed by atoms with Crippen LogP contribution in [0.25, 0.3) is 10.9 Å². The summed E-state index contributed by atoms with van der Waals surface area (Å²) >= 11 is 6.01. The van der Waals surface area contributed by atoms with Gasteiger partial charge in [-0.25, -0.2) is 0 Å². The van der Waals surface area contributed by atoms with Crippen LogP contribution in [0.4, 0.5) is 0 Å². The van der Waals surface area contributed by atoms with Crippen molar-refractivity contribution in [1.29, 1.82) is 0 Å². The Kier molecular flexibility index (Phi) is 5.74. The first-order valence-electron chi connectivity index (χ1n) is 6.92. The third-order valence-corrected chi connectivity index (χ3v) is 3.80. The molecule has 0 aliphatic carbocycles. The van der Waals surface area contributed by atoms with Gasteiger partial charge in [0.05, 0.1) is 7.11 Å². The lowest BCUT2D eigenvalue weighted by atomic mass is 10.1. The second-order valence-corrected chi connectivity index (χ2v) is 5.43. The summed E-state index contributed by atoms with van der Waals surface area (Å²) in [7, 11) is 1.61. The van der Waals surface area contributed by atoms with Gasteiger partial charge in [-0.1, -0.05) is 11.6 Å². The fourth-order valence-corrected chi connectivity index (χ4v) is 2.59. The van der Waals surface area contributed by atoms with Gasteiger partial charge in [0, 0.05) is 28.1 Å². The summed E-state index contributed by atoms with van der Waals surface area (Å²) in [5, 5.41) is 1.70. The molecule has 0 amide bonds. The standard InChI is InChI=1S/C18H15ClNO2.BrH/c1-22-16-7-4-13(5-8-16)18(21)12-20-10-2-3-14-11-15(19)6-9-17(14)20;/h2-11H,12H2,1H3;1H/q+1;/p-1. The molecule has 3 rings (SSSR count). The molecule has 0 aliphatic rings. The lowest BCUT2D eigenvalue weighted by Gasteiger charge is -2.03. The van der Waals surface area contributed by atoms with Gasteiger partial charge in [0.15, 0.2) is 6.20 Å². The number of methoxy groups -OCH3 is 1. The van der Waals surface area contributed by atoms with E-state index in [0.29, 0.717) is 10.6 Å². The largest absolute Gasteiger partial charge is 1.00 e. The van der Waals surface area contributed by atoms with Gasteiger partial charge in [0.1, 0.15) is 5.75 Å². The number of pyridine rings is 1.